The van der Waals surface area contributed by atoms with E-state index < -0.39 is 6.10 Å². The average molecular weight is 352 g/mol. The van der Waals surface area contributed by atoms with Gasteiger partial charge in [0.15, 0.2) is 0 Å². The summed E-state index contributed by atoms with van der Waals surface area (Å²) >= 11 is 0. The van der Waals surface area contributed by atoms with Gasteiger partial charge in [0, 0.05) is 12.1 Å². The minimum atomic E-state index is -0.594. The van der Waals surface area contributed by atoms with Crippen LogP contribution in [0.2, 0.25) is 0 Å². The molecule has 1 aliphatic rings. The Balaban J connectivity index is 1.83. The first kappa shape index (κ1) is 18.5. The van der Waals surface area contributed by atoms with Crippen LogP contribution in [0, 0.1) is 0 Å². The molecule has 0 aliphatic heterocycles. The molecule has 138 valence electrons. The Morgan fingerprint density at radius 3 is 2.23 bits per heavy atom. The minimum Gasteiger partial charge on any atom is -0.390 e. The van der Waals surface area contributed by atoms with Gasteiger partial charge in [-0.3, -0.25) is 0 Å². The van der Waals surface area contributed by atoms with E-state index in [4.69, 9.17) is 0 Å². The Bertz CT molecular complexity index is 772. The molecule has 0 bridgehead atoms. The number of rotatable bonds is 4. The zero-order valence-corrected chi connectivity index (χ0v) is 15.9. The summed E-state index contributed by atoms with van der Waals surface area (Å²) in [5, 5.41) is 16.4. The molecule has 4 nitrogen and oxygen atoms in total. The van der Waals surface area contributed by atoms with E-state index in [1.54, 1.807) is 0 Å². The summed E-state index contributed by atoms with van der Waals surface area (Å²) in [6.45, 7) is 8.50. The lowest BCUT2D eigenvalue weighted by Gasteiger charge is -2.23. The Hall–Kier alpha value is -2.33. The first-order chi connectivity index (χ1) is 12.4. The Labute approximate surface area is 155 Å². The van der Waals surface area contributed by atoms with Crippen LogP contribution in [-0.4, -0.2) is 17.2 Å². The molecule has 4 heteroatoms. The number of aliphatic hydroxyl groups is 1. The topological polar surface area (TPSA) is 61.4 Å². The van der Waals surface area contributed by atoms with Gasteiger partial charge in [0.05, 0.1) is 12.1 Å². The number of urea groups is 1. The highest BCUT2D eigenvalue weighted by Gasteiger charge is 2.32. The van der Waals surface area contributed by atoms with Crippen molar-refractivity contribution < 1.29 is 9.90 Å². The fraction of sp³-hybridized carbons (Fsp3) is 0.409. The van der Waals surface area contributed by atoms with Crippen molar-refractivity contribution in [1.82, 2.24) is 5.32 Å². The molecule has 0 saturated heterocycles. The number of carbonyl (C=O) groups excluding carboxylic acids is 1. The van der Waals surface area contributed by atoms with E-state index in [-0.39, 0.29) is 12.1 Å². The van der Waals surface area contributed by atoms with Gasteiger partial charge in [-0.15, -0.1) is 0 Å². The quantitative estimate of drug-likeness (QED) is 0.746. The van der Waals surface area contributed by atoms with Crippen LogP contribution in [0.3, 0.4) is 0 Å². The highest BCUT2D eigenvalue weighted by molar-refractivity contribution is 5.91. The molecule has 0 aromatic heterocycles. The van der Waals surface area contributed by atoms with Gasteiger partial charge in [0.1, 0.15) is 0 Å². The van der Waals surface area contributed by atoms with E-state index >= 15 is 0 Å². The second kappa shape index (κ2) is 7.50. The molecule has 0 radical (unpaired) electrons. The number of anilines is 1. The molecular formula is C22H28N2O2. The van der Waals surface area contributed by atoms with Crippen LogP contribution in [0.4, 0.5) is 10.5 Å². The number of amides is 2. The van der Waals surface area contributed by atoms with Gasteiger partial charge in [-0.25, -0.2) is 4.79 Å². The van der Waals surface area contributed by atoms with Crippen molar-refractivity contribution in [1.29, 1.82) is 0 Å². The monoisotopic (exact) mass is 352 g/mol. The van der Waals surface area contributed by atoms with Crippen molar-refractivity contribution in [2.24, 2.45) is 0 Å². The van der Waals surface area contributed by atoms with E-state index in [0.29, 0.717) is 18.3 Å². The summed E-state index contributed by atoms with van der Waals surface area (Å²) in [5.74, 6) is 0.614. The van der Waals surface area contributed by atoms with Crippen molar-refractivity contribution >= 4 is 11.7 Å². The zero-order chi connectivity index (χ0) is 18.8. The van der Waals surface area contributed by atoms with E-state index in [1.807, 2.05) is 30.3 Å². The molecule has 3 N–H and O–H groups in total. The summed E-state index contributed by atoms with van der Waals surface area (Å²) in [4.78, 5) is 12.7. The number of hydrogen-bond acceptors (Lipinski definition) is 2. The number of benzene rings is 2. The summed E-state index contributed by atoms with van der Waals surface area (Å²) in [7, 11) is 0. The van der Waals surface area contributed by atoms with E-state index in [0.717, 1.165) is 27.9 Å². The van der Waals surface area contributed by atoms with Crippen molar-refractivity contribution in [3.05, 3.63) is 64.7 Å². The molecule has 1 aliphatic carbocycles. The van der Waals surface area contributed by atoms with Gasteiger partial charge in [0.2, 0.25) is 0 Å². The smallest absolute Gasteiger partial charge is 0.319 e. The highest BCUT2D eigenvalue weighted by atomic mass is 16.3. The zero-order valence-electron chi connectivity index (χ0n) is 15.9. The maximum absolute atomic E-state index is 12.7. The van der Waals surface area contributed by atoms with Gasteiger partial charge < -0.3 is 15.7 Å². The maximum atomic E-state index is 12.7. The van der Waals surface area contributed by atoms with Crippen molar-refractivity contribution in [3.8, 4) is 0 Å². The van der Waals surface area contributed by atoms with Crippen LogP contribution in [0.15, 0.2) is 42.5 Å². The van der Waals surface area contributed by atoms with Crippen molar-refractivity contribution in [2.45, 2.75) is 58.1 Å². The summed E-state index contributed by atoms with van der Waals surface area (Å²) < 4.78 is 0. The van der Waals surface area contributed by atoms with E-state index in [1.165, 1.54) is 0 Å². The van der Waals surface area contributed by atoms with E-state index in [9.17, 15) is 9.90 Å². The molecule has 26 heavy (non-hydrogen) atoms. The van der Waals surface area contributed by atoms with Crippen LogP contribution < -0.4 is 10.6 Å². The standard InChI is InChI=1S/C22H28N2O2/c1-13(2)16-10-7-11-17(14(3)4)20(16)23-22(26)24-21-18-9-6-5-8-15(18)12-19(21)25/h5-11,13-14,19,21,25H,12H2,1-4H3,(H2,23,24,26)/t19-,21+/m0/s1. The molecule has 0 saturated carbocycles. The number of hydrogen-bond donors (Lipinski definition) is 3. The van der Waals surface area contributed by atoms with Crippen LogP contribution in [0.1, 0.15) is 67.8 Å². The number of fused-ring (bicyclic) bond motifs is 1. The lowest BCUT2D eigenvalue weighted by molar-refractivity contribution is 0.144. The minimum absolute atomic E-state index is 0.277. The van der Waals surface area contributed by atoms with Gasteiger partial charge in [0.25, 0.3) is 0 Å². The molecule has 0 unspecified atom stereocenters. The third-order valence-corrected chi connectivity index (χ3v) is 5.10. The Kier molecular flexibility index (Phi) is 5.33. The van der Waals surface area contributed by atoms with Crippen LogP contribution in [-0.2, 0) is 6.42 Å². The molecule has 2 aromatic carbocycles. The van der Waals surface area contributed by atoms with Gasteiger partial charge >= 0.3 is 6.03 Å². The molecule has 2 atom stereocenters. The second-order valence-corrected chi connectivity index (χ2v) is 7.67. The summed E-state index contributed by atoms with van der Waals surface area (Å²) in [5.41, 5.74) is 5.22. The molecule has 0 spiro atoms. The molecule has 0 heterocycles. The molecule has 2 aromatic rings. The predicted octanol–water partition coefficient (Wildman–Crippen LogP) is 4.71. The summed E-state index contributed by atoms with van der Waals surface area (Å²) in [6.07, 6.45) is -0.0240. The number of para-hydroxylation sites is 1. The largest absolute Gasteiger partial charge is 0.390 e. The summed E-state index contributed by atoms with van der Waals surface area (Å²) in [6, 6.07) is 13.4. The molecule has 3 rings (SSSR count). The van der Waals surface area contributed by atoms with Crippen LogP contribution in [0.5, 0.6) is 0 Å². The number of aliphatic hydroxyl groups excluding tert-OH is 1. The number of nitrogens with one attached hydrogen (secondary N) is 2. The van der Waals surface area contributed by atoms with Crippen LogP contribution >= 0.6 is 0 Å². The molecule has 0 fully saturated rings. The normalized spacial score (nSPS) is 18.9. The van der Waals surface area contributed by atoms with Gasteiger partial charge in [-0.2, -0.15) is 0 Å². The Morgan fingerprint density at radius 1 is 1.00 bits per heavy atom. The van der Waals surface area contributed by atoms with Crippen LogP contribution in [0.25, 0.3) is 0 Å². The highest BCUT2D eigenvalue weighted by Crippen LogP contribution is 2.34. The fourth-order valence-corrected chi connectivity index (χ4v) is 3.73. The lowest BCUT2D eigenvalue weighted by Crippen LogP contribution is -2.37. The van der Waals surface area contributed by atoms with Gasteiger partial charge in [-0.05, 0) is 34.1 Å². The lowest BCUT2D eigenvalue weighted by atomic mass is 9.93. The second-order valence-electron chi connectivity index (χ2n) is 7.67. The first-order valence-corrected chi connectivity index (χ1v) is 9.34. The predicted molar refractivity (Wildman–Crippen MR) is 106 cm³/mol. The number of carbonyl (C=O) groups is 1. The third kappa shape index (κ3) is 3.61. The first-order valence-electron chi connectivity index (χ1n) is 9.34. The van der Waals surface area contributed by atoms with Crippen molar-refractivity contribution in [3.63, 3.8) is 0 Å². The van der Waals surface area contributed by atoms with Gasteiger partial charge in [-0.1, -0.05) is 70.2 Å². The average Bonchev–Trinajstić information content (AvgIpc) is 2.90. The molecular weight excluding hydrogens is 324 g/mol. The molecule has 2 amide bonds. The Morgan fingerprint density at radius 2 is 1.62 bits per heavy atom. The maximum Gasteiger partial charge on any atom is 0.319 e. The fourth-order valence-electron chi connectivity index (χ4n) is 3.73. The SMILES string of the molecule is CC(C)c1cccc(C(C)C)c1NC(=O)N[C@@H]1c2ccccc2C[C@@H]1O. The van der Waals surface area contributed by atoms with Crippen molar-refractivity contribution in [2.75, 3.05) is 5.32 Å². The third-order valence-electron chi connectivity index (χ3n) is 5.10. The van der Waals surface area contributed by atoms with E-state index in [2.05, 4.69) is 50.5 Å².